The monoisotopic (exact) mass is 343 g/mol. The van der Waals surface area contributed by atoms with Crippen LogP contribution < -0.4 is 19.5 Å². The molecule has 134 valence electrons. The average molecular weight is 343 g/mol. The topological polar surface area (TPSA) is 56.8 Å². The van der Waals surface area contributed by atoms with Crippen LogP contribution in [0, 0.1) is 6.92 Å². The molecule has 5 nitrogen and oxygen atoms in total. The molecule has 25 heavy (non-hydrogen) atoms. The molecule has 0 saturated carbocycles. The van der Waals surface area contributed by atoms with Gasteiger partial charge in [-0.1, -0.05) is 19.1 Å². The molecule has 0 radical (unpaired) electrons. The molecule has 2 rings (SSSR count). The Morgan fingerprint density at radius 1 is 1.08 bits per heavy atom. The lowest BCUT2D eigenvalue weighted by molar-refractivity contribution is -0.128. The summed E-state index contributed by atoms with van der Waals surface area (Å²) in [5.41, 5.74) is 1.10. The maximum absolute atomic E-state index is 12.3. The smallest absolute Gasteiger partial charge is 0.261 e. The molecule has 0 heterocycles. The quantitative estimate of drug-likeness (QED) is 0.710. The van der Waals surface area contributed by atoms with Gasteiger partial charge in [0.1, 0.15) is 23.9 Å². The van der Waals surface area contributed by atoms with Gasteiger partial charge >= 0.3 is 0 Å². The Kier molecular flexibility index (Phi) is 7.14. The van der Waals surface area contributed by atoms with E-state index in [1.54, 1.807) is 7.11 Å². The first kappa shape index (κ1) is 18.6. The molecular formula is C20H25NO4. The molecule has 0 bridgehead atoms. The van der Waals surface area contributed by atoms with Gasteiger partial charge in [0.05, 0.1) is 13.7 Å². The number of carbonyl (C=O) groups excluding carboxylic acids is 1. The molecule has 1 N–H and O–H groups in total. The van der Waals surface area contributed by atoms with Crippen LogP contribution in [0.4, 0.5) is 0 Å². The number of hydrogen-bond acceptors (Lipinski definition) is 4. The summed E-state index contributed by atoms with van der Waals surface area (Å²) in [6.45, 7) is 4.72. The van der Waals surface area contributed by atoms with Crippen molar-refractivity contribution in [2.75, 3.05) is 20.3 Å². The second-order valence-electron chi connectivity index (χ2n) is 5.65. The minimum atomic E-state index is -0.511. The number of ether oxygens (including phenoxy) is 3. The number of aryl methyl sites for hydroxylation is 1. The van der Waals surface area contributed by atoms with Gasteiger partial charge in [-0.2, -0.15) is 0 Å². The lowest BCUT2D eigenvalue weighted by Gasteiger charge is -2.17. The number of methoxy groups -OCH3 is 1. The van der Waals surface area contributed by atoms with Crippen LogP contribution in [0.15, 0.2) is 48.5 Å². The van der Waals surface area contributed by atoms with E-state index >= 15 is 0 Å². The normalized spacial score (nSPS) is 11.5. The molecule has 0 aliphatic rings. The van der Waals surface area contributed by atoms with Gasteiger partial charge in [0, 0.05) is 0 Å². The molecule has 0 aromatic heterocycles. The van der Waals surface area contributed by atoms with Crippen LogP contribution in [-0.2, 0) is 4.79 Å². The van der Waals surface area contributed by atoms with Gasteiger partial charge in [-0.25, -0.2) is 0 Å². The lowest BCUT2D eigenvalue weighted by Crippen LogP contribution is -2.39. The van der Waals surface area contributed by atoms with E-state index in [-0.39, 0.29) is 5.91 Å². The summed E-state index contributed by atoms with van der Waals surface area (Å²) in [4.78, 5) is 12.3. The predicted octanol–water partition coefficient (Wildman–Crippen LogP) is 3.36. The number of rotatable bonds is 9. The van der Waals surface area contributed by atoms with Crippen molar-refractivity contribution in [1.82, 2.24) is 5.32 Å². The fourth-order valence-corrected chi connectivity index (χ4v) is 2.30. The molecule has 0 fully saturated rings. The summed E-state index contributed by atoms with van der Waals surface area (Å²) in [6, 6.07) is 15.0. The number of nitrogens with one attached hydrogen (secondary N) is 1. The predicted molar refractivity (Wildman–Crippen MR) is 97.4 cm³/mol. The van der Waals surface area contributed by atoms with Crippen LogP contribution in [0.25, 0.3) is 0 Å². The first-order chi connectivity index (χ1) is 12.1. The van der Waals surface area contributed by atoms with E-state index in [0.29, 0.717) is 25.3 Å². The van der Waals surface area contributed by atoms with Crippen LogP contribution in [0.2, 0.25) is 0 Å². The van der Waals surface area contributed by atoms with Crippen molar-refractivity contribution >= 4 is 5.91 Å². The van der Waals surface area contributed by atoms with E-state index in [9.17, 15) is 4.79 Å². The van der Waals surface area contributed by atoms with Gasteiger partial charge in [-0.15, -0.1) is 0 Å². The molecule has 0 aliphatic carbocycles. The van der Waals surface area contributed by atoms with E-state index in [2.05, 4.69) is 5.32 Å². The molecule has 1 atom stereocenters. The Morgan fingerprint density at radius 2 is 1.80 bits per heavy atom. The molecule has 5 heteroatoms. The second-order valence-corrected chi connectivity index (χ2v) is 5.65. The summed E-state index contributed by atoms with van der Waals surface area (Å²) in [5, 5.41) is 2.85. The van der Waals surface area contributed by atoms with Gasteiger partial charge in [-0.3, -0.25) is 4.79 Å². The van der Waals surface area contributed by atoms with Crippen molar-refractivity contribution in [3.8, 4) is 17.2 Å². The van der Waals surface area contributed by atoms with Crippen LogP contribution >= 0.6 is 0 Å². The summed E-state index contributed by atoms with van der Waals surface area (Å²) < 4.78 is 16.5. The largest absolute Gasteiger partial charge is 0.497 e. The molecule has 1 unspecified atom stereocenters. The van der Waals surface area contributed by atoms with Gasteiger partial charge in [-0.05, 0) is 55.3 Å². The zero-order valence-corrected chi connectivity index (χ0v) is 15.0. The summed E-state index contributed by atoms with van der Waals surface area (Å²) in [7, 11) is 1.62. The van der Waals surface area contributed by atoms with Crippen LogP contribution in [0.3, 0.4) is 0 Å². The van der Waals surface area contributed by atoms with Crippen molar-refractivity contribution in [3.05, 3.63) is 54.1 Å². The standard InChI is InChI=1S/C20H25NO4/c1-4-19(25-18-7-5-6-15(2)14-18)20(22)21-12-13-24-17-10-8-16(23-3)9-11-17/h5-11,14,19H,4,12-13H2,1-3H3,(H,21,22). The van der Waals surface area contributed by atoms with E-state index in [1.807, 2.05) is 62.4 Å². The molecule has 2 aromatic carbocycles. The number of amides is 1. The number of hydrogen-bond donors (Lipinski definition) is 1. The highest BCUT2D eigenvalue weighted by Crippen LogP contribution is 2.17. The Hall–Kier alpha value is -2.69. The molecule has 0 aliphatic heterocycles. The summed E-state index contributed by atoms with van der Waals surface area (Å²) >= 11 is 0. The Morgan fingerprint density at radius 3 is 2.44 bits per heavy atom. The highest BCUT2D eigenvalue weighted by Gasteiger charge is 2.17. The molecule has 1 amide bonds. The van der Waals surface area contributed by atoms with Gasteiger partial charge < -0.3 is 19.5 Å². The summed E-state index contributed by atoms with van der Waals surface area (Å²) in [5.74, 6) is 2.08. The number of carbonyl (C=O) groups is 1. The minimum absolute atomic E-state index is 0.137. The SMILES string of the molecule is CCC(Oc1cccc(C)c1)C(=O)NCCOc1ccc(OC)cc1. The van der Waals surface area contributed by atoms with E-state index in [1.165, 1.54) is 0 Å². The van der Waals surface area contributed by atoms with Gasteiger partial charge in [0.15, 0.2) is 6.10 Å². The van der Waals surface area contributed by atoms with E-state index in [4.69, 9.17) is 14.2 Å². The van der Waals surface area contributed by atoms with Crippen molar-refractivity contribution in [2.45, 2.75) is 26.4 Å². The Bertz CT molecular complexity index is 670. The second kappa shape index (κ2) is 9.57. The van der Waals surface area contributed by atoms with Crippen LogP contribution in [-0.4, -0.2) is 32.3 Å². The highest BCUT2D eigenvalue weighted by atomic mass is 16.5. The molecule has 0 saturated heterocycles. The van der Waals surface area contributed by atoms with Crippen molar-refractivity contribution in [1.29, 1.82) is 0 Å². The number of benzene rings is 2. The van der Waals surface area contributed by atoms with Crippen LogP contribution in [0.5, 0.6) is 17.2 Å². The van der Waals surface area contributed by atoms with Gasteiger partial charge in [0.25, 0.3) is 5.91 Å². The van der Waals surface area contributed by atoms with Gasteiger partial charge in [0.2, 0.25) is 0 Å². The lowest BCUT2D eigenvalue weighted by atomic mass is 10.2. The third-order valence-corrected chi connectivity index (χ3v) is 3.66. The average Bonchev–Trinajstić information content (AvgIpc) is 2.63. The third-order valence-electron chi connectivity index (χ3n) is 3.66. The van der Waals surface area contributed by atoms with E-state index < -0.39 is 6.10 Å². The summed E-state index contributed by atoms with van der Waals surface area (Å²) in [6.07, 6.45) is 0.0850. The third kappa shape index (κ3) is 6.03. The molecule has 0 spiro atoms. The Balaban J connectivity index is 1.75. The molecule has 2 aromatic rings. The first-order valence-corrected chi connectivity index (χ1v) is 8.40. The Labute approximate surface area is 148 Å². The highest BCUT2D eigenvalue weighted by molar-refractivity contribution is 5.81. The minimum Gasteiger partial charge on any atom is -0.497 e. The van der Waals surface area contributed by atoms with E-state index in [0.717, 1.165) is 17.1 Å². The maximum atomic E-state index is 12.3. The maximum Gasteiger partial charge on any atom is 0.261 e. The zero-order chi connectivity index (χ0) is 18.1. The van der Waals surface area contributed by atoms with Crippen LogP contribution in [0.1, 0.15) is 18.9 Å². The van der Waals surface area contributed by atoms with Crippen molar-refractivity contribution < 1.29 is 19.0 Å². The molecular weight excluding hydrogens is 318 g/mol. The zero-order valence-electron chi connectivity index (χ0n) is 15.0. The first-order valence-electron chi connectivity index (χ1n) is 8.40. The van der Waals surface area contributed by atoms with Crippen molar-refractivity contribution in [2.24, 2.45) is 0 Å². The fourth-order valence-electron chi connectivity index (χ4n) is 2.30. The fraction of sp³-hybridized carbons (Fsp3) is 0.350. The van der Waals surface area contributed by atoms with Crippen molar-refractivity contribution in [3.63, 3.8) is 0 Å².